The molecule has 3 aromatic carbocycles. The number of anilines is 1. The van der Waals surface area contributed by atoms with Crippen molar-refractivity contribution >= 4 is 17.5 Å². The Hall–Kier alpha value is -4.07. The predicted octanol–water partition coefficient (Wildman–Crippen LogP) is 4.40. The quantitative estimate of drug-likeness (QED) is 0.585. The molecule has 2 amide bonds. The van der Waals surface area contributed by atoms with Gasteiger partial charge in [0, 0.05) is 18.3 Å². The molecule has 1 heterocycles. The third kappa shape index (κ3) is 4.14. The van der Waals surface area contributed by atoms with Crippen LogP contribution in [0.15, 0.2) is 60.7 Å². The van der Waals surface area contributed by atoms with Gasteiger partial charge in [-0.25, -0.2) is 4.39 Å². The van der Waals surface area contributed by atoms with Gasteiger partial charge in [-0.2, -0.15) is 0 Å². The van der Waals surface area contributed by atoms with Gasteiger partial charge in [-0.05, 0) is 59.7 Å². The van der Waals surface area contributed by atoms with Crippen molar-refractivity contribution in [1.29, 1.82) is 0 Å². The number of hydrogen-bond donors (Lipinski definition) is 1. The normalized spacial score (nSPS) is 17.1. The Morgan fingerprint density at radius 3 is 2.12 bits per heavy atom. The second-order valence-corrected chi connectivity index (χ2v) is 7.90. The maximum absolute atomic E-state index is 13.7. The van der Waals surface area contributed by atoms with Gasteiger partial charge in [0.1, 0.15) is 11.6 Å². The number of nitrogens with zero attached hydrogens (tertiary/aromatic N) is 1. The van der Waals surface area contributed by atoms with E-state index >= 15 is 0 Å². The molecule has 8 heteroatoms. The highest BCUT2D eigenvalue weighted by Gasteiger charge is 2.43. The monoisotopic (exact) mass is 464 g/mol. The van der Waals surface area contributed by atoms with Crippen LogP contribution in [0, 0.1) is 5.82 Å². The highest BCUT2D eigenvalue weighted by Crippen LogP contribution is 2.46. The molecular formula is C26H25FN2O5. The first-order chi connectivity index (χ1) is 16.4. The molecule has 0 saturated heterocycles. The second kappa shape index (κ2) is 9.43. The molecule has 7 nitrogen and oxygen atoms in total. The summed E-state index contributed by atoms with van der Waals surface area (Å²) in [6, 6.07) is 15.4. The average Bonchev–Trinajstić information content (AvgIpc) is 2.86. The average molecular weight is 464 g/mol. The van der Waals surface area contributed by atoms with E-state index in [2.05, 4.69) is 5.32 Å². The largest absolute Gasteiger partial charge is 0.497 e. The molecule has 0 bridgehead atoms. The molecule has 0 spiro atoms. The summed E-state index contributed by atoms with van der Waals surface area (Å²) >= 11 is 0. The maximum Gasteiger partial charge on any atom is 0.254 e. The lowest BCUT2D eigenvalue weighted by Gasteiger charge is -2.40. The van der Waals surface area contributed by atoms with Crippen molar-refractivity contribution in [2.45, 2.75) is 12.0 Å². The summed E-state index contributed by atoms with van der Waals surface area (Å²) in [5, 5.41) is 2.86. The van der Waals surface area contributed by atoms with Crippen LogP contribution >= 0.6 is 0 Å². The number of rotatable bonds is 6. The Kier molecular flexibility index (Phi) is 6.40. The molecule has 0 saturated carbocycles. The van der Waals surface area contributed by atoms with Crippen LogP contribution in [0.1, 0.15) is 33.4 Å². The first kappa shape index (κ1) is 23.1. The summed E-state index contributed by atoms with van der Waals surface area (Å²) in [5.41, 5.74) is 2.07. The van der Waals surface area contributed by atoms with E-state index in [9.17, 15) is 14.0 Å². The number of carbonyl (C=O) groups is 2. The molecule has 3 aromatic rings. The number of carbonyl (C=O) groups excluding carboxylic acids is 2. The minimum atomic E-state index is -0.782. The summed E-state index contributed by atoms with van der Waals surface area (Å²) in [5.74, 6) is -0.319. The number of nitrogens with one attached hydrogen (secondary N) is 1. The summed E-state index contributed by atoms with van der Waals surface area (Å²) in [7, 11) is 6.21. The Balaban J connectivity index is 1.86. The molecule has 1 N–H and O–H groups in total. The standard InChI is InChI=1S/C26H25FN2O5/c1-29-24(15-5-11-18(32-2)12-6-15)23(25(30)28-17-9-7-16(27)8-10-17)19-13-21(33-3)22(34-4)14-20(19)26(29)31/h5-14,23-24H,1-4H3,(H,28,30)/t23-,24-/m0/s1. The smallest absolute Gasteiger partial charge is 0.254 e. The molecule has 2 atom stereocenters. The van der Waals surface area contributed by atoms with Gasteiger partial charge in [-0.3, -0.25) is 9.59 Å². The van der Waals surface area contributed by atoms with Gasteiger partial charge in [-0.1, -0.05) is 12.1 Å². The van der Waals surface area contributed by atoms with Gasteiger partial charge in [0.25, 0.3) is 5.91 Å². The molecule has 0 aromatic heterocycles. The molecule has 34 heavy (non-hydrogen) atoms. The Morgan fingerprint density at radius 1 is 0.912 bits per heavy atom. The van der Waals surface area contributed by atoms with Crippen LogP contribution in [-0.4, -0.2) is 45.1 Å². The number of methoxy groups -OCH3 is 3. The van der Waals surface area contributed by atoms with E-state index in [0.29, 0.717) is 34.1 Å². The van der Waals surface area contributed by atoms with Crippen molar-refractivity contribution in [2.75, 3.05) is 33.7 Å². The lowest BCUT2D eigenvalue weighted by atomic mass is 9.79. The summed E-state index contributed by atoms with van der Waals surface area (Å²) < 4.78 is 29.5. The van der Waals surface area contributed by atoms with Crippen molar-refractivity contribution in [3.8, 4) is 17.2 Å². The van der Waals surface area contributed by atoms with Crippen LogP contribution in [0.4, 0.5) is 10.1 Å². The maximum atomic E-state index is 13.7. The minimum Gasteiger partial charge on any atom is -0.497 e. The fraction of sp³-hybridized carbons (Fsp3) is 0.231. The van der Waals surface area contributed by atoms with E-state index in [0.717, 1.165) is 5.56 Å². The molecule has 1 aliphatic rings. The number of likely N-dealkylation sites (N-methyl/N-ethyl adjacent to an activating group) is 1. The Bertz CT molecular complexity index is 1210. The topological polar surface area (TPSA) is 77.1 Å². The molecule has 0 unspecified atom stereocenters. The lowest BCUT2D eigenvalue weighted by molar-refractivity contribution is -0.119. The van der Waals surface area contributed by atoms with E-state index < -0.39 is 17.8 Å². The van der Waals surface area contributed by atoms with Gasteiger partial charge in [0.15, 0.2) is 11.5 Å². The summed E-state index contributed by atoms with van der Waals surface area (Å²) in [4.78, 5) is 28.6. The fourth-order valence-corrected chi connectivity index (χ4v) is 4.30. The molecule has 176 valence electrons. The number of benzene rings is 3. The zero-order valence-corrected chi connectivity index (χ0v) is 19.3. The van der Waals surface area contributed by atoms with E-state index in [1.54, 1.807) is 43.3 Å². The van der Waals surface area contributed by atoms with Gasteiger partial charge < -0.3 is 24.4 Å². The van der Waals surface area contributed by atoms with E-state index in [1.165, 1.54) is 38.5 Å². The van der Waals surface area contributed by atoms with Crippen molar-refractivity contribution in [2.24, 2.45) is 0 Å². The zero-order chi connectivity index (χ0) is 24.4. The molecule has 0 fully saturated rings. The Labute approximate surface area is 197 Å². The van der Waals surface area contributed by atoms with Crippen LogP contribution < -0.4 is 19.5 Å². The number of fused-ring (bicyclic) bond motifs is 1. The highest BCUT2D eigenvalue weighted by molar-refractivity contribution is 6.04. The van der Waals surface area contributed by atoms with Gasteiger partial charge >= 0.3 is 0 Å². The first-order valence-corrected chi connectivity index (χ1v) is 10.6. The van der Waals surface area contributed by atoms with Crippen LogP contribution in [0.25, 0.3) is 0 Å². The lowest BCUT2D eigenvalue weighted by Crippen LogP contribution is -2.44. The molecule has 4 rings (SSSR count). The van der Waals surface area contributed by atoms with Crippen LogP contribution in [0.2, 0.25) is 0 Å². The first-order valence-electron chi connectivity index (χ1n) is 10.6. The van der Waals surface area contributed by atoms with Crippen LogP contribution in [0.3, 0.4) is 0 Å². The number of halogens is 1. The van der Waals surface area contributed by atoms with Gasteiger partial charge in [0.2, 0.25) is 5.91 Å². The van der Waals surface area contributed by atoms with E-state index in [1.807, 2.05) is 12.1 Å². The number of hydrogen-bond acceptors (Lipinski definition) is 5. The molecule has 0 radical (unpaired) electrons. The summed E-state index contributed by atoms with van der Waals surface area (Å²) in [6.45, 7) is 0. The van der Waals surface area contributed by atoms with Crippen LogP contribution in [0.5, 0.6) is 17.2 Å². The molecule has 0 aliphatic carbocycles. The summed E-state index contributed by atoms with van der Waals surface area (Å²) in [6.07, 6.45) is 0. The molecular weight excluding hydrogens is 439 g/mol. The van der Waals surface area contributed by atoms with E-state index in [-0.39, 0.29) is 11.8 Å². The minimum absolute atomic E-state index is 0.248. The SMILES string of the molecule is COc1ccc([C@H]2[C@@H](C(=O)Nc3ccc(F)cc3)c3cc(OC)c(OC)cc3C(=O)N2C)cc1. The Morgan fingerprint density at radius 2 is 1.53 bits per heavy atom. The van der Waals surface area contributed by atoms with Gasteiger partial charge in [0.05, 0.1) is 33.3 Å². The third-order valence-corrected chi connectivity index (χ3v) is 6.03. The zero-order valence-electron chi connectivity index (χ0n) is 19.3. The van der Waals surface area contributed by atoms with Crippen molar-refractivity contribution in [1.82, 2.24) is 4.90 Å². The highest BCUT2D eigenvalue weighted by atomic mass is 19.1. The predicted molar refractivity (Wildman–Crippen MR) is 125 cm³/mol. The van der Waals surface area contributed by atoms with Crippen molar-refractivity contribution < 1.29 is 28.2 Å². The van der Waals surface area contributed by atoms with Crippen molar-refractivity contribution in [3.63, 3.8) is 0 Å². The second-order valence-electron chi connectivity index (χ2n) is 7.90. The third-order valence-electron chi connectivity index (χ3n) is 6.03. The number of ether oxygens (including phenoxy) is 3. The van der Waals surface area contributed by atoms with E-state index in [4.69, 9.17) is 14.2 Å². The van der Waals surface area contributed by atoms with Crippen molar-refractivity contribution in [3.05, 3.63) is 83.2 Å². The molecule has 1 aliphatic heterocycles. The van der Waals surface area contributed by atoms with Gasteiger partial charge in [-0.15, -0.1) is 0 Å². The van der Waals surface area contributed by atoms with Crippen LogP contribution in [-0.2, 0) is 4.79 Å². The fourth-order valence-electron chi connectivity index (χ4n) is 4.30. The number of amides is 2.